The summed E-state index contributed by atoms with van der Waals surface area (Å²) in [6.45, 7) is 0. The summed E-state index contributed by atoms with van der Waals surface area (Å²) < 4.78 is 13.5. The number of hydrogen-bond acceptors (Lipinski definition) is 4. The molecule has 4 N–H and O–H groups in total. The smallest absolute Gasteiger partial charge is 0.338 e. The van der Waals surface area contributed by atoms with Crippen LogP contribution in [0.25, 0.3) is 0 Å². The van der Waals surface area contributed by atoms with Crippen LogP contribution in [-0.4, -0.2) is 27.2 Å². The van der Waals surface area contributed by atoms with Gasteiger partial charge in [-0.3, -0.25) is 4.79 Å². The van der Waals surface area contributed by atoms with Crippen molar-refractivity contribution in [3.8, 4) is 11.5 Å². The SMILES string of the molecule is O=C(Nc1ccc(C(=O)O)c(F)c1)c1cc(O)cc(O)c1. The predicted octanol–water partition coefficient (Wildman–Crippen LogP) is 2.19. The summed E-state index contributed by atoms with van der Waals surface area (Å²) in [6, 6.07) is 6.41. The molecule has 0 spiro atoms. The van der Waals surface area contributed by atoms with Crippen LogP contribution in [0, 0.1) is 5.82 Å². The van der Waals surface area contributed by atoms with Gasteiger partial charge in [-0.1, -0.05) is 0 Å². The van der Waals surface area contributed by atoms with Gasteiger partial charge in [0.05, 0.1) is 5.56 Å². The molecule has 0 aromatic heterocycles. The lowest BCUT2D eigenvalue weighted by Gasteiger charge is -2.07. The maximum Gasteiger partial charge on any atom is 0.338 e. The maximum atomic E-state index is 13.5. The normalized spacial score (nSPS) is 10.1. The van der Waals surface area contributed by atoms with E-state index in [-0.39, 0.29) is 22.7 Å². The zero-order valence-corrected chi connectivity index (χ0v) is 10.5. The van der Waals surface area contributed by atoms with Gasteiger partial charge in [0.2, 0.25) is 0 Å². The van der Waals surface area contributed by atoms with Gasteiger partial charge in [0, 0.05) is 17.3 Å². The number of anilines is 1. The first-order valence-corrected chi connectivity index (χ1v) is 5.74. The number of carboxylic acid groups (broad SMARTS) is 1. The molecule has 21 heavy (non-hydrogen) atoms. The van der Waals surface area contributed by atoms with Gasteiger partial charge in [0.25, 0.3) is 5.91 Å². The largest absolute Gasteiger partial charge is 0.508 e. The Hall–Kier alpha value is -3.09. The summed E-state index contributed by atoms with van der Waals surface area (Å²) in [6.07, 6.45) is 0. The number of benzene rings is 2. The minimum absolute atomic E-state index is 0.0322. The van der Waals surface area contributed by atoms with Gasteiger partial charge in [-0.25, -0.2) is 9.18 Å². The van der Waals surface area contributed by atoms with Gasteiger partial charge in [0.15, 0.2) is 0 Å². The number of aromatic hydroxyl groups is 2. The number of carboxylic acids is 1. The quantitative estimate of drug-likeness (QED) is 0.693. The summed E-state index contributed by atoms with van der Waals surface area (Å²) in [4.78, 5) is 22.5. The molecule has 0 bridgehead atoms. The molecular formula is C14H10FNO5. The van der Waals surface area contributed by atoms with Crippen molar-refractivity contribution in [3.63, 3.8) is 0 Å². The Labute approximate surface area is 118 Å². The van der Waals surface area contributed by atoms with Crippen molar-refractivity contribution in [2.75, 3.05) is 5.32 Å². The molecule has 0 saturated heterocycles. The summed E-state index contributed by atoms with van der Waals surface area (Å²) in [7, 11) is 0. The lowest BCUT2D eigenvalue weighted by Crippen LogP contribution is -2.12. The Morgan fingerprint density at radius 3 is 2.14 bits per heavy atom. The third-order valence-corrected chi connectivity index (χ3v) is 2.62. The minimum Gasteiger partial charge on any atom is -0.508 e. The lowest BCUT2D eigenvalue weighted by atomic mass is 10.1. The molecule has 2 rings (SSSR count). The average molecular weight is 291 g/mol. The summed E-state index contributed by atoms with van der Waals surface area (Å²) in [5, 5.41) is 29.6. The molecule has 108 valence electrons. The van der Waals surface area contributed by atoms with Crippen LogP contribution < -0.4 is 5.32 Å². The van der Waals surface area contributed by atoms with Crippen LogP contribution in [0.15, 0.2) is 36.4 Å². The zero-order valence-electron chi connectivity index (χ0n) is 10.5. The van der Waals surface area contributed by atoms with Crippen LogP contribution in [0.1, 0.15) is 20.7 Å². The van der Waals surface area contributed by atoms with E-state index in [1.54, 1.807) is 0 Å². The van der Waals surface area contributed by atoms with E-state index in [4.69, 9.17) is 5.11 Å². The first-order valence-electron chi connectivity index (χ1n) is 5.74. The number of hydrogen-bond donors (Lipinski definition) is 4. The molecule has 1 amide bonds. The molecule has 7 heteroatoms. The predicted molar refractivity (Wildman–Crippen MR) is 71.1 cm³/mol. The number of aromatic carboxylic acids is 1. The second-order valence-electron chi connectivity index (χ2n) is 4.19. The molecule has 0 aliphatic rings. The number of nitrogens with one attached hydrogen (secondary N) is 1. The number of halogens is 1. The fourth-order valence-electron chi connectivity index (χ4n) is 1.70. The van der Waals surface area contributed by atoms with E-state index in [0.717, 1.165) is 30.3 Å². The fraction of sp³-hybridized carbons (Fsp3) is 0. The van der Waals surface area contributed by atoms with E-state index in [1.165, 1.54) is 6.07 Å². The number of rotatable bonds is 3. The van der Waals surface area contributed by atoms with E-state index >= 15 is 0 Å². The maximum absolute atomic E-state index is 13.5. The third kappa shape index (κ3) is 3.27. The van der Waals surface area contributed by atoms with Crippen molar-refractivity contribution in [2.45, 2.75) is 0 Å². The highest BCUT2D eigenvalue weighted by Gasteiger charge is 2.13. The Kier molecular flexibility index (Phi) is 3.75. The van der Waals surface area contributed by atoms with Crippen molar-refractivity contribution in [1.82, 2.24) is 0 Å². The van der Waals surface area contributed by atoms with Crippen molar-refractivity contribution in [3.05, 3.63) is 53.3 Å². The number of carbonyl (C=O) groups excluding carboxylic acids is 1. The van der Waals surface area contributed by atoms with Crippen LogP contribution in [-0.2, 0) is 0 Å². The van der Waals surface area contributed by atoms with Crippen LogP contribution in [0.2, 0.25) is 0 Å². The van der Waals surface area contributed by atoms with Gasteiger partial charge in [0.1, 0.15) is 17.3 Å². The highest BCUT2D eigenvalue weighted by molar-refractivity contribution is 6.05. The number of carbonyl (C=O) groups is 2. The van der Waals surface area contributed by atoms with Gasteiger partial charge >= 0.3 is 5.97 Å². The molecular weight excluding hydrogens is 281 g/mol. The van der Waals surface area contributed by atoms with Gasteiger partial charge in [-0.05, 0) is 30.3 Å². The molecule has 0 aliphatic carbocycles. The van der Waals surface area contributed by atoms with E-state index < -0.39 is 23.3 Å². The number of phenolic OH excluding ortho intramolecular Hbond substituents is 2. The van der Waals surface area contributed by atoms with E-state index in [2.05, 4.69) is 5.32 Å². The third-order valence-electron chi connectivity index (χ3n) is 2.62. The van der Waals surface area contributed by atoms with Gasteiger partial charge in [-0.2, -0.15) is 0 Å². The van der Waals surface area contributed by atoms with Gasteiger partial charge in [-0.15, -0.1) is 0 Å². The molecule has 6 nitrogen and oxygen atoms in total. The lowest BCUT2D eigenvalue weighted by molar-refractivity contribution is 0.0691. The monoisotopic (exact) mass is 291 g/mol. The standard InChI is InChI=1S/C14H10FNO5/c15-12-5-8(1-2-11(12)14(20)21)16-13(19)7-3-9(17)6-10(18)4-7/h1-6,17-18H,(H,16,19)(H,20,21). The summed E-state index contributed by atoms with van der Waals surface area (Å²) in [5.74, 6) is -3.69. The van der Waals surface area contributed by atoms with Crippen LogP contribution in [0.5, 0.6) is 11.5 Å². The second kappa shape index (κ2) is 5.49. The second-order valence-corrected chi connectivity index (χ2v) is 4.19. The Bertz CT molecular complexity index is 709. The van der Waals surface area contributed by atoms with E-state index in [0.29, 0.717) is 0 Å². The summed E-state index contributed by atoms with van der Waals surface area (Å²) in [5.41, 5.74) is -0.497. The van der Waals surface area contributed by atoms with E-state index in [1.807, 2.05) is 0 Å². The molecule has 0 unspecified atom stereocenters. The van der Waals surface area contributed by atoms with Crippen molar-refractivity contribution >= 4 is 17.6 Å². The molecule has 0 radical (unpaired) electrons. The first kappa shape index (κ1) is 14.3. The Morgan fingerprint density at radius 2 is 1.62 bits per heavy atom. The highest BCUT2D eigenvalue weighted by atomic mass is 19.1. The number of amides is 1. The number of phenols is 2. The zero-order chi connectivity index (χ0) is 15.6. The molecule has 0 aliphatic heterocycles. The van der Waals surface area contributed by atoms with Crippen molar-refractivity contribution in [2.24, 2.45) is 0 Å². The summed E-state index contributed by atoms with van der Waals surface area (Å²) >= 11 is 0. The molecule has 0 saturated carbocycles. The molecule has 2 aromatic carbocycles. The van der Waals surface area contributed by atoms with Crippen molar-refractivity contribution < 1.29 is 29.3 Å². The molecule has 0 fully saturated rings. The van der Waals surface area contributed by atoms with Crippen LogP contribution in [0.3, 0.4) is 0 Å². The Balaban J connectivity index is 2.23. The highest BCUT2D eigenvalue weighted by Crippen LogP contribution is 2.22. The average Bonchev–Trinajstić information content (AvgIpc) is 2.37. The van der Waals surface area contributed by atoms with Crippen molar-refractivity contribution in [1.29, 1.82) is 0 Å². The first-order chi connectivity index (χ1) is 9.86. The van der Waals surface area contributed by atoms with Gasteiger partial charge < -0.3 is 20.6 Å². The topological polar surface area (TPSA) is 107 Å². The van der Waals surface area contributed by atoms with Crippen LogP contribution in [0.4, 0.5) is 10.1 Å². The molecule has 2 aromatic rings. The molecule has 0 atom stereocenters. The van der Waals surface area contributed by atoms with E-state index in [9.17, 15) is 24.2 Å². The molecule has 0 heterocycles. The van der Waals surface area contributed by atoms with Crippen LogP contribution >= 0.6 is 0 Å². The minimum atomic E-state index is -1.41. The Morgan fingerprint density at radius 1 is 1.00 bits per heavy atom. The fourth-order valence-corrected chi connectivity index (χ4v) is 1.70.